The number of hydrogen-bond acceptors (Lipinski definition) is 3. The lowest BCUT2D eigenvalue weighted by Crippen LogP contribution is -2.13. The maximum atomic E-state index is 10.4. The molecule has 0 atom stereocenters. The number of rotatable bonds is 3. The molecular weight excluding hydrogens is 171 g/mol. The molecule has 0 bridgehead atoms. The van der Waals surface area contributed by atoms with Gasteiger partial charge >= 0.3 is 0 Å². The molecule has 0 N–H and O–H groups in total. The zero-order valence-corrected chi connectivity index (χ0v) is 7.01. The first-order valence-electron chi connectivity index (χ1n) is 3.57. The predicted molar refractivity (Wildman–Crippen MR) is 47.6 cm³/mol. The van der Waals surface area contributed by atoms with Crippen molar-refractivity contribution in [2.45, 2.75) is 0 Å². The van der Waals surface area contributed by atoms with Gasteiger partial charge in [0.05, 0.1) is 4.92 Å². The molecule has 5 nitrogen and oxygen atoms in total. The van der Waals surface area contributed by atoms with Crippen molar-refractivity contribution in [3.63, 3.8) is 0 Å². The molecular formula is C8H8N2O3. The van der Waals surface area contributed by atoms with Crippen LogP contribution in [0.1, 0.15) is 0 Å². The average Bonchev–Trinajstić information content (AvgIpc) is 2.17. The van der Waals surface area contributed by atoms with Gasteiger partial charge in [0, 0.05) is 24.9 Å². The van der Waals surface area contributed by atoms with Crippen molar-refractivity contribution in [3.05, 3.63) is 34.4 Å². The number of benzene rings is 1. The van der Waals surface area contributed by atoms with Gasteiger partial charge in [0.15, 0.2) is 0 Å². The minimum atomic E-state index is -0.498. The summed E-state index contributed by atoms with van der Waals surface area (Å²) in [6.45, 7) is 0. The van der Waals surface area contributed by atoms with E-state index >= 15 is 0 Å². The number of amides is 1. The first-order valence-corrected chi connectivity index (χ1v) is 3.57. The Morgan fingerprint density at radius 3 is 2.77 bits per heavy atom. The SMILES string of the molecule is [11CH3]N(C=O)c1cccc([N+](=O)[O-])c1. The van der Waals surface area contributed by atoms with Crippen molar-refractivity contribution in [1.29, 1.82) is 0 Å². The van der Waals surface area contributed by atoms with E-state index in [2.05, 4.69) is 0 Å². The fourth-order valence-electron chi connectivity index (χ4n) is 0.887. The maximum Gasteiger partial charge on any atom is 0.271 e. The normalized spacial score (nSPS) is 9.31. The van der Waals surface area contributed by atoms with Gasteiger partial charge in [-0.15, -0.1) is 0 Å². The maximum absolute atomic E-state index is 10.4. The van der Waals surface area contributed by atoms with E-state index in [0.717, 1.165) is 0 Å². The predicted octanol–water partition coefficient (Wildman–Crippen LogP) is 1.19. The monoisotopic (exact) mass is 179 g/mol. The van der Waals surface area contributed by atoms with Crippen molar-refractivity contribution in [2.75, 3.05) is 11.9 Å². The van der Waals surface area contributed by atoms with Gasteiger partial charge in [0.2, 0.25) is 6.41 Å². The number of nitro benzene ring substituents is 1. The molecule has 5 heteroatoms. The highest BCUT2D eigenvalue weighted by atomic mass is 16.6. The van der Waals surface area contributed by atoms with Crippen molar-refractivity contribution in [2.24, 2.45) is 0 Å². The number of non-ortho nitro benzene ring substituents is 1. The van der Waals surface area contributed by atoms with Crippen LogP contribution >= 0.6 is 0 Å². The van der Waals surface area contributed by atoms with Crippen LogP contribution in [0.4, 0.5) is 11.4 Å². The van der Waals surface area contributed by atoms with Gasteiger partial charge in [-0.25, -0.2) is 0 Å². The van der Waals surface area contributed by atoms with E-state index in [9.17, 15) is 14.9 Å². The standard InChI is InChI=1S/C8H8N2O3/c1-9(6-11)7-3-2-4-8(5-7)10(12)13/h2-6H,1H3/i1-1. The minimum Gasteiger partial charge on any atom is -0.318 e. The molecule has 0 aliphatic heterocycles. The van der Waals surface area contributed by atoms with Crippen molar-refractivity contribution in [1.82, 2.24) is 0 Å². The van der Waals surface area contributed by atoms with Crippen LogP contribution in [0.5, 0.6) is 0 Å². The van der Waals surface area contributed by atoms with Gasteiger partial charge in [-0.3, -0.25) is 14.9 Å². The second-order valence-corrected chi connectivity index (χ2v) is 2.49. The molecule has 68 valence electrons. The Kier molecular flexibility index (Phi) is 2.59. The lowest BCUT2D eigenvalue weighted by atomic mass is 10.2. The first-order chi connectivity index (χ1) is 6.15. The summed E-state index contributed by atoms with van der Waals surface area (Å²) in [6, 6.07) is 5.88. The molecule has 0 fully saturated rings. The van der Waals surface area contributed by atoms with Crippen LogP contribution in [0.3, 0.4) is 0 Å². The van der Waals surface area contributed by atoms with E-state index in [-0.39, 0.29) is 5.69 Å². The average molecular weight is 179 g/mol. The Bertz CT molecular complexity index is 338. The second-order valence-electron chi connectivity index (χ2n) is 2.49. The molecule has 0 heterocycles. The topological polar surface area (TPSA) is 63.5 Å². The summed E-state index contributed by atoms with van der Waals surface area (Å²) in [6.07, 6.45) is 0.596. The molecule has 1 rings (SSSR count). The fraction of sp³-hybridized carbons (Fsp3) is 0.125. The summed E-state index contributed by atoms with van der Waals surface area (Å²) in [4.78, 5) is 21.5. The third-order valence-corrected chi connectivity index (χ3v) is 1.61. The summed E-state index contributed by atoms with van der Waals surface area (Å²) in [5.41, 5.74) is 0.482. The van der Waals surface area contributed by atoms with E-state index in [1.807, 2.05) is 0 Å². The van der Waals surface area contributed by atoms with Crippen molar-refractivity contribution >= 4 is 17.8 Å². The third-order valence-electron chi connectivity index (χ3n) is 1.61. The van der Waals surface area contributed by atoms with E-state index in [0.29, 0.717) is 12.1 Å². The highest BCUT2D eigenvalue weighted by Crippen LogP contribution is 2.18. The molecule has 13 heavy (non-hydrogen) atoms. The molecule has 1 aromatic rings. The first kappa shape index (κ1) is 9.18. The summed E-state index contributed by atoms with van der Waals surface area (Å²) in [7, 11) is 1.53. The Morgan fingerprint density at radius 2 is 2.23 bits per heavy atom. The number of nitrogens with zero attached hydrogens (tertiary/aromatic N) is 2. The Hall–Kier alpha value is -1.91. The number of carbonyl (C=O) groups is 1. The molecule has 1 amide bonds. The Balaban J connectivity index is 3.04. The highest BCUT2D eigenvalue weighted by Gasteiger charge is 2.07. The van der Waals surface area contributed by atoms with Crippen molar-refractivity contribution in [3.8, 4) is 0 Å². The molecule has 1 aromatic carbocycles. The van der Waals surface area contributed by atoms with Crippen LogP contribution in [0.25, 0.3) is 0 Å². The van der Waals surface area contributed by atoms with Crippen molar-refractivity contribution < 1.29 is 9.72 Å². The molecule has 0 aliphatic rings. The van der Waals surface area contributed by atoms with E-state index in [1.54, 1.807) is 6.07 Å². The molecule has 0 unspecified atom stereocenters. The summed E-state index contributed by atoms with van der Waals surface area (Å²) in [5.74, 6) is 0. The van der Waals surface area contributed by atoms with Crippen LogP contribution < -0.4 is 4.90 Å². The number of carbonyl (C=O) groups excluding carboxylic acids is 1. The minimum absolute atomic E-state index is 0.0220. The van der Waals surface area contributed by atoms with Gasteiger partial charge in [0.1, 0.15) is 0 Å². The molecule has 0 saturated carbocycles. The van der Waals surface area contributed by atoms with E-state index in [4.69, 9.17) is 0 Å². The Morgan fingerprint density at radius 1 is 1.54 bits per heavy atom. The smallest absolute Gasteiger partial charge is 0.271 e. The van der Waals surface area contributed by atoms with Gasteiger partial charge in [0.25, 0.3) is 5.69 Å². The van der Waals surface area contributed by atoms with Crippen LogP contribution in [0.15, 0.2) is 24.3 Å². The summed E-state index contributed by atoms with van der Waals surface area (Å²) in [5, 5.41) is 10.4. The van der Waals surface area contributed by atoms with Gasteiger partial charge < -0.3 is 4.90 Å². The zero-order chi connectivity index (χ0) is 9.84. The van der Waals surface area contributed by atoms with Crippen LogP contribution in [-0.4, -0.2) is 18.4 Å². The molecule has 0 spiro atoms. The van der Waals surface area contributed by atoms with E-state index in [1.165, 1.54) is 30.1 Å². The largest absolute Gasteiger partial charge is 0.318 e. The lowest BCUT2D eigenvalue weighted by Gasteiger charge is -2.08. The molecule has 0 saturated heterocycles. The summed E-state index contributed by atoms with van der Waals surface area (Å²) >= 11 is 0. The van der Waals surface area contributed by atoms with Crippen LogP contribution in [0, 0.1) is 10.1 Å². The molecule has 0 aromatic heterocycles. The Labute approximate surface area is 74.7 Å². The molecule has 0 aliphatic carbocycles. The lowest BCUT2D eigenvalue weighted by molar-refractivity contribution is -0.384. The van der Waals surface area contributed by atoms with Gasteiger partial charge in [-0.05, 0) is 6.07 Å². The van der Waals surface area contributed by atoms with Crippen LogP contribution in [0.2, 0.25) is 0 Å². The third kappa shape index (κ3) is 2.02. The quantitative estimate of drug-likeness (QED) is 0.397. The highest BCUT2D eigenvalue weighted by molar-refractivity contribution is 5.75. The second kappa shape index (κ2) is 3.66. The zero-order valence-electron chi connectivity index (χ0n) is 7.01. The fourth-order valence-corrected chi connectivity index (χ4v) is 0.887. The van der Waals surface area contributed by atoms with E-state index < -0.39 is 4.92 Å². The number of nitro groups is 1. The van der Waals surface area contributed by atoms with Crippen LogP contribution in [-0.2, 0) is 4.79 Å². The number of hydrogen-bond donors (Lipinski definition) is 0. The molecule has 0 radical (unpaired) electrons. The van der Waals surface area contributed by atoms with Gasteiger partial charge in [-0.1, -0.05) is 6.07 Å². The summed E-state index contributed by atoms with van der Waals surface area (Å²) < 4.78 is 0. The van der Waals surface area contributed by atoms with Gasteiger partial charge in [-0.2, -0.15) is 0 Å². The number of anilines is 1.